The smallest absolute Gasteiger partial charge is 0.0992 e. The largest absolute Gasteiger partial charge is 0.357 e. The van der Waals surface area contributed by atoms with Crippen molar-refractivity contribution in [2.45, 2.75) is 13.0 Å². The second-order valence-corrected chi connectivity index (χ2v) is 3.43. The molecule has 0 spiro atoms. The van der Waals surface area contributed by atoms with E-state index in [0.29, 0.717) is 5.56 Å². The van der Waals surface area contributed by atoms with Gasteiger partial charge in [-0.1, -0.05) is 6.07 Å². The summed E-state index contributed by atoms with van der Waals surface area (Å²) in [5.41, 5.74) is 8.38. The molecule has 2 rings (SSSR count). The number of nitriles is 1. The van der Waals surface area contributed by atoms with Crippen molar-refractivity contribution in [3.05, 3.63) is 35.5 Å². The molecule has 1 aromatic carbocycles. The Morgan fingerprint density at radius 3 is 2.86 bits per heavy atom. The number of benzene rings is 1. The van der Waals surface area contributed by atoms with Gasteiger partial charge in [0, 0.05) is 17.3 Å². The molecule has 70 valence electrons. The molecule has 1 atom stereocenters. The third-order valence-corrected chi connectivity index (χ3v) is 2.26. The number of hydrogen-bond donors (Lipinski definition) is 2. The number of rotatable bonds is 1. The molecule has 0 bridgehead atoms. The molecule has 2 aromatic rings. The van der Waals surface area contributed by atoms with Crippen LogP contribution in [0, 0.1) is 11.3 Å². The van der Waals surface area contributed by atoms with E-state index >= 15 is 0 Å². The van der Waals surface area contributed by atoms with Gasteiger partial charge in [-0.2, -0.15) is 5.26 Å². The van der Waals surface area contributed by atoms with Crippen LogP contribution in [-0.4, -0.2) is 4.98 Å². The van der Waals surface area contributed by atoms with Crippen LogP contribution in [0.25, 0.3) is 10.9 Å². The van der Waals surface area contributed by atoms with E-state index in [0.717, 1.165) is 16.6 Å². The Kier molecular flexibility index (Phi) is 1.99. The summed E-state index contributed by atoms with van der Waals surface area (Å²) in [5.74, 6) is 0. The molecule has 14 heavy (non-hydrogen) atoms. The van der Waals surface area contributed by atoms with Crippen molar-refractivity contribution in [3.63, 3.8) is 0 Å². The molecule has 0 unspecified atom stereocenters. The molecule has 3 nitrogen and oxygen atoms in total. The molecule has 0 aliphatic rings. The topological polar surface area (TPSA) is 65.6 Å². The molecular formula is C11H11N3. The molecule has 3 N–H and O–H groups in total. The van der Waals surface area contributed by atoms with Gasteiger partial charge < -0.3 is 10.7 Å². The first-order chi connectivity index (χ1) is 6.70. The van der Waals surface area contributed by atoms with E-state index in [1.54, 1.807) is 6.07 Å². The molecule has 0 saturated heterocycles. The maximum absolute atomic E-state index is 8.72. The minimum atomic E-state index is -0.00654. The fourth-order valence-electron chi connectivity index (χ4n) is 1.46. The summed E-state index contributed by atoms with van der Waals surface area (Å²) in [6.07, 6.45) is 0. The summed E-state index contributed by atoms with van der Waals surface area (Å²) in [7, 11) is 0. The summed E-state index contributed by atoms with van der Waals surface area (Å²) < 4.78 is 0. The van der Waals surface area contributed by atoms with Gasteiger partial charge in [-0.25, -0.2) is 0 Å². The van der Waals surface area contributed by atoms with Gasteiger partial charge in [0.1, 0.15) is 0 Å². The number of nitrogens with zero attached hydrogens (tertiary/aromatic N) is 1. The van der Waals surface area contributed by atoms with Crippen LogP contribution in [0.15, 0.2) is 24.3 Å². The van der Waals surface area contributed by atoms with Gasteiger partial charge in [-0.15, -0.1) is 0 Å². The molecule has 0 fully saturated rings. The maximum Gasteiger partial charge on any atom is 0.0992 e. The third-order valence-electron chi connectivity index (χ3n) is 2.26. The Balaban J connectivity index is 2.61. The fraction of sp³-hybridized carbons (Fsp3) is 0.182. The van der Waals surface area contributed by atoms with Gasteiger partial charge in [0.05, 0.1) is 11.6 Å². The second kappa shape index (κ2) is 3.17. The van der Waals surface area contributed by atoms with E-state index in [1.165, 1.54) is 0 Å². The number of H-pyrrole nitrogens is 1. The Hall–Kier alpha value is -1.79. The predicted octanol–water partition coefficient (Wildman–Crippen LogP) is 2.06. The molecule has 1 aromatic heterocycles. The first-order valence-electron chi connectivity index (χ1n) is 4.49. The van der Waals surface area contributed by atoms with E-state index in [1.807, 2.05) is 25.1 Å². The number of aromatic amines is 1. The highest BCUT2D eigenvalue weighted by Crippen LogP contribution is 2.19. The van der Waals surface area contributed by atoms with Gasteiger partial charge in [-0.05, 0) is 30.5 Å². The zero-order chi connectivity index (χ0) is 10.1. The van der Waals surface area contributed by atoms with Crippen LogP contribution >= 0.6 is 0 Å². The van der Waals surface area contributed by atoms with E-state index in [9.17, 15) is 0 Å². The minimum Gasteiger partial charge on any atom is -0.357 e. The molecule has 3 heteroatoms. The SMILES string of the molecule is C[C@H](N)c1cc2ccc(C#N)cc2[nH]1. The van der Waals surface area contributed by atoms with Crippen molar-refractivity contribution < 1.29 is 0 Å². The molecule has 0 radical (unpaired) electrons. The standard InChI is InChI=1S/C11H11N3/c1-7(13)10-5-9-3-2-8(6-12)4-11(9)14-10/h2-5,7,14H,13H2,1H3/t7-/m0/s1. The Labute approximate surface area is 82.1 Å². The van der Waals surface area contributed by atoms with Gasteiger partial charge in [0.2, 0.25) is 0 Å². The van der Waals surface area contributed by atoms with Crippen LogP contribution in [0.4, 0.5) is 0 Å². The number of nitrogens with two attached hydrogens (primary N) is 1. The summed E-state index contributed by atoms with van der Waals surface area (Å²) in [6.45, 7) is 1.93. The normalized spacial score (nSPS) is 12.6. The van der Waals surface area contributed by atoms with Crippen molar-refractivity contribution in [3.8, 4) is 6.07 Å². The van der Waals surface area contributed by atoms with E-state index < -0.39 is 0 Å². The molecule has 0 aliphatic carbocycles. The highest BCUT2D eigenvalue weighted by atomic mass is 14.8. The first-order valence-corrected chi connectivity index (χ1v) is 4.49. The zero-order valence-electron chi connectivity index (χ0n) is 7.91. The van der Waals surface area contributed by atoms with Crippen LogP contribution in [0.1, 0.15) is 24.2 Å². The quantitative estimate of drug-likeness (QED) is 0.714. The van der Waals surface area contributed by atoms with Crippen LogP contribution in [0.3, 0.4) is 0 Å². The zero-order valence-corrected chi connectivity index (χ0v) is 7.91. The molecular weight excluding hydrogens is 174 g/mol. The van der Waals surface area contributed by atoms with Crippen molar-refractivity contribution in [1.82, 2.24) is 4.98 Å². The lowest BCUT2D eigenvalue weighted by molar-refractivity contribution is 0.792. The van der Waals surface area contributed by atoms with Crippen molar-refractivity contribution in [2.24, 2.45) is 5.73 Å². The van der Waals surface area contributed by atoms with E-state index in [4.69, 9.17) is 11.0 Å². The highest BCUT2D eigenvalue weighted by molar-refractivity contribution is 5.81. The third kappa shape index (κ3) is 1.36. The Morgan fingerprint density at radius 1 is 1.43 bits per heavy atom. The molecule has 0 aliphatic heterocycles. The van der Waals surface area contributed by atoms with Crippen molar-refractivity contribution in [2.75, 3.05) is 0 Å². The fourth-order valence-corrected chi connectivity index (χ4v) is 1.46. The summed E-state index contributed by atoms with van der Waals surface area (Å²) in [4.78, 5) is 3.19. The molecule has 0 amide bonds. The summed E-state index contributed by atoms with van der Waals surface area (Å²) in [5, 5.41) is 9.82. The molecule has 1 heterocycles. The lowest BCUT2D eigenvalue weighted by atomic mass is 10.2. The van der Waals surface area contributed by atoms with Crippen LogP contribution in [0.2, 0.25) is 0 Å². The first kappa shape index (κ1) is 8.79. The second-order valence-electron chi connectivity index (χ2n) is 3.43. The monoisotopic (exact) mass is 185 g/mol. The minimum absolute atomic E-state index is 0.00654. The summed E-state index contributed by atoms with van der Waals surface area (Å²) >= 11 is 0. The lowest BCUT2D eigenvalue weighted by Crippen LogP contribution is -2.04. The average Bonchev–Trinajstić information content (AvgIpc) is 2.59. The average molecular weight is 185 g/mol. The van der Waals surface area contributed by atoms with Crippen LogP contribution < -0.4 is 5.73 Å². The Bertz CT molecular complexity index is 503. The molecule has 0 saturated carbocycles. The summed E-state index contributed by atoms with van der Waals surface area (Å²) in [6, 6.07) is 9.68. The van der Waals surface area contributed by atoms with E-state index in [-0.39, 0.29) is 6.04 Å². The van der Waals surface area contributed by atoms with Gasteiger partial charge in [-0.3, -0.25) is 0 Å². The van der Waals surface area contributed by atoms with Crippen LogP contribution in [0.5, 0.6) is 0 Å². The highest BCUT2D eigenvalue weighted by Gasteiger charge is 2.04. The van der Waals surface area contributed by atoms with Gasteiger partial charge in [0.25, 0.3) is 0 Å². The maximum atomic E-state index is 8.72. The van der Waals surface area contributed by atoms with Gasteiger partial charge >= 0.3 is 0 Å². The van der Waals surface area contributed by atoms with Gasteiger partial charge in [0.15, 0.2) is 0 Å². The number of hydrogen-bond acceptors (Lipinski definition) is 2. The number of fused-ring (bicyclic) bond motifs is 1. The van der Waals surface area contributed by atoms with Crippen LogP contribution in [-0.2, 0) is 0 Å². The van der Waals surface area contributed by atoms with E-state index in [2.05, 4.69) is 11.1 Å². The lowest BCUT2D eigenvalue weighted by Gasteiger charge is -1.98. The van der Waals surface area contributed by atoms with Crippen molar-refractivity contribution in [1.29, 1.82) is 5.26 Å². The predicted molar refractivity (Wildman–Crippen MR) is 55.6 cm³/mol. The Morgan fingerprint density at radius 2 is 2.21 bits per heavy atom. The van der Waals surface area contributed by atoms with Crippen molar-refractivity contribution >= 4 is 10.9 Å². The number of aromatic nitrogens is 1. The number of nitrogens with one attached hydrogen (secondary N) is 1.